The molecule has 0 aliphatic heterocycles. The van der Waals surface area contributed by atoms with Crippen molar-refractivity contribution < 1.29 is 17.6 Å². The van der Waals surface area contributed by atoms with Crippen molar-refractivity contribution in [3.63, 3.8) is 0 Å². The minimum Gasteiger partial charge on any atom is -0.352 e. The normalized spacial score (nSPS) is 12.8. The van der Waals surface area contributed by atoms with Crippen LogP contribution in [0.4, 0.5) is 4.39 Å². The van der Waals surface area contributed by atoms with Crippen LogP contribution >= 0.6 is 0 Å². The highest BCUT2D eigenvalue weighted by molar-refractivity contribution is 7.88. The number of amides is 1. The van der Waals surface area contributed by atoms with Gasteiger partial charge in [-0.3, -0.25) is 4.79 Å². The molecule has 0 radical (unpaired) electrons. The van der Waals surface area contributed by atoms with Gasteiger partial charge in [-0.1, -0.05) is 43.3 Å². The van der Waals surface area contributed by atoms with Crippen molar-refractivity contribution in [1.82, 2.24) is 10.0 Å². The second kappa shape index (κ2) is 9.80. The summed E-state index contributed by atoms with van der Waals surface area (Å²) < 4.78 is 39.5. The summed E-state index contributed by atoms with van der Waals surface area (Å²) in [6.07, 6.45) is 0.308. The third-order valence-electron chi connectivity index (χ3n) is 4.22. The zero-order chi connectivity index (χ0) is 20.7. The molecular weight excluding hydrogens is 379 g/mol. The molecule has 0 aliphatic rings. The molecule has 2 aromatic carbocycles. The summed E-state index contributed by atoms with van der Waals surface area (Å²) in [5, 5.41) is 2.86. The molecule has 152 valence electrons. The zero-order valence-corrected chi connectivity index (χ0v) is 17.2. The molecule has 0 bridgehead atoms. The molecule has 0 aliphatic carbocycles. The first-order chi connectivity index (χ1) is 13.1. The zero-order valence-electron chi connectivity index (χ0n) is 16.4. The monoisotopic (exact) mass is 406 g/mol. The van der Waals surface area contributed by atoms with E-state index in [1.807, 2.05) is 19.1 Å². The van der Waals surface area contributed by atoms with E-state index in [0.29, 0.717) is 18.5 Å². The molecular formula is C21H27FN2O3S. The molecule has 0 saturated heterocycles. The van der Waals surface area contributed by atoms with Gasteiger partial charge >= 0.3 is 0 Å². The third-order valence-corrected chi connectivity index (χ3v) is 5.76. The van der Waals surface area contributed by atoms with Gasteiger partial charge in [0.15, 0.2) is 0 Å². The van der Waals surface area contributed by atoms with Gasteiger partial charge in [-0.2, -0.15) is 0 Å². The Hall–Kier alpha value is -2.25. The summed E-state index contributed by atoms with van der Waals surface area (Å²) in [7, 11) is -3.36. The maximum absolute atomic E-state index is 13.0. The van der Waals surface area contributed by atoms with Crippen molar-refractivity contribution in [1.29, 1.82) is 0 Å². The van der Waals surface area contributed by atoms with E-state index >= 15 is 0 Å². The highest BCUT2D eigenvalue weighted by Crippen LogP contribution is 2.19. The molecule has 2 aromatic rings. The van der Waals surface area contributed by atoms with Crippen LogP contribution in [0.25, 0.3) is 0 Å². The number of benzene rings is 2. The molecule has 0 aromatic heterocycles. The lowest BCUT2D eigenvalue weighted by Gasteiger charge is -2.12. The quantitative estimate of drug-likeness (QED) is 0.670. The topological polar surface area (TPSA) is 75.3 Å². The van der Waals surface area contributed by atoms with Crippen LogP contribution in [0.5, 0.6) is 0 Å². The summed E-state index contributed by atoms with van der Waals surface area (Å²) in [4.78, 5) is 12.2. The van der Waals surface area contributed by atoms with E-state index in [1.165, 1.54) is 12.1 Å². The summed E-state index contributed by atoms with van der Waals surface area (Å²) >= 11 is 0. The van der Waals surface area contributed by atoms with Crippen LogP contribution in [0.1, 0.15) is 49.8 Å². The first-order valence-electron chi connectivity index (χ1n) is 9.24. The Morgan fingerprint density at radius 2 is 1.54 bits per heavy atom. The molecule has 7 heteroatoms. The van der Waals surface area contributed by atoms with Gasteiger partial charge in [-0.25, -0.2) is 17.5 Å². The number of sulfonamides is 1. The number of nitrogens with one attached hydrogen (secondary N) is 2. The van der Waals surface area contributed by atoms with Crippen LogP contribution in [0.3, 0.4) is 0 Å². The molecule has 2 rings (SSSR count). The van der Waals surface area contributed by atoms with Crippen LogP contribution in [-0.4, -0.2) is 20.4 Å². The average molecular weight is 407 g/mol. The average Bonchev–Trinajstić information content (AvgIpc) is 2.60. The standard InChI is InChI=1S/C21H27FN2O3S/c1-15(2)24-28(26,27)14-18-6-4-17(5-7-18)13-23-21(25)12-16(3)19-8-10-20(22)11-9-19/h4-11,15-16,24H,12-14H2,1-3H3,(H,23,25). The molecule has 0 saturated carbocycles. The Labute approximate surface area is 166 Å². The van der Waals surface area contributed by atoms with E-state index in [4.69, 9.17) is 0 Å². The lowest BCUT2D eigenvalue weighted by atomic mass is 9.97. The van der Waals surface area contributed by atoms with Gasteiger partial charge in [0, 0.05) is 19.0 Å². The number of carbonyl (C=O) groups is 1. The van der Waals surface area contributed by atoms with Crippen LogP contribution < -0.4 is 10.0 Å². The fourth-order valence-electron chi connectivity index (χ4n) is 2.83. The molecule has 1 amide bonds. The second-order valence-electron chi connectivity index (χ2n) is 7.28. The van der Waals surface area contributed by atoms with Crippen LogP contribution in [-0.2, 0) is 27.1 Å². The summed E-state index contributed by atoms with van der Waals surface area (Å²) in [5.41, 5.74) is 2.49. The van der Waals surface area contributed by atoms with Gasteiger partial charge in [-0.15, -0.1) is 0 Å². The molecule has 5 nitrogen and oxygen atoms in total. The van der Waals surface area contributed by atoms with E-state index in [9.17, 15) is 17.6 Å². The Balaban J connectivity index is 1.84. The van der Waals surface area contributed by atoms with E-state index in [0.717, 1.165) is 11.1 Å². The molecule has 0 fully saturated rings. The highest BCUT2D eigenvalue weighted by Gasteiger charge is 2.13. The van der Waals surface area contributed by atoms with Crippen LogP contribution in [0.15, 0.2) is 48.5 Å². The van der Waals surface area contributed by atoms with Crippen molar-refractivity contribution >= 4 is 15.9 Å². The highest BCUT2D eigenvalue weighted by atomic mass is 32.2. The minimum absolute atomic E-state index is 0.0124. The Kier molecular flexibility index (Phi) is 7.71. The summed E-state index contributed by atoms with van der Waals surface area (Å²) in [5.74, 6) is -0.476. The Bertz CT molecular complexity index is 879. The maximum atomic E-state index is 13.0. The van der Waals surface area contributed by atoms with Crippen molar-refractivity contribution in [2.24, 2.45) is 0 Å². The number of halogens is 1. The van der Waals surface area contributed by atoms with Crippen LogP contribution in [0.2, 0.25) is 0 Å². The number of rotatable bonds is 9. The summed E-state index contributed by atoms with van der Waals surface area (Å²) in [6, 6.07) is 13.1. The SMILES string of the molecule is CC(C)NS(=O)(=O)Cc1ccc(CNC(=O)CC(C)c2ccc(F)cc2)cc1. The molecule has 1 atom stereocenters. The second-order valence-corrected chi connectivity index (χ2v) is 9.04. The first kappa shape index (κ1) is 22.0. The van der Waals surface area contributed by atoms with Gasteiger partial charge in [0.2, 0.25) is 15.9 Å². The van der Waals surface area contributed by atoms with Crippen molar-refractivity contribution in [3.05, 3.63) is 71.0 Å². The number of hydrogen-bond donors (Lipinski definition) is 2. The molecule has 0 heterocycles. The lowest BCUT2D eigenvalue weighted by Crippen LogP contribution is -2.31. The van der Waals surface area contributed by atoms with E-state index < -0.39 is 10.0 Å². The number of carbonyl (C=O) groups excluding carboxylic acids is 1. The molecule has 1 unspecified atom stereocenters. The minimum atomic E-state index is -3.36. The van der Waals surface area contributed by atoms with Gasteiger partial charge < -0.3 is 5.32 Å². The van der Waals surface area contributed by atoms with Crippen molar-refractivity contribution in [3.8, 4) is 0 Å². The predicted molar refractivity (Wildman–Crippen MR) is 109 cm³/mol. The van der Waals surface area contributed by atoms with Gasteiger partial charge in [-0.05, 0) is 48.6 Å². The van der Waals surface area contributed by atoms with E-state index in [2.05, 4.69) is 10.0 Å². The van der Waals surface area contributed by atoms with Gasteiger partial charge in [0.05, 0.1) is 5.75 Å². The maximum Gasteiger partial charge on any atom is 0.220 e. The van der Waals surface area contributed by atoms with Gasteiger partial charge in [0.1, 0.15) is 5.82 Å². The molecule has 28 heavy (non-hydrogen) atoms. The largest absolute Gasteiger partial charge is 0.352 e. The molecule has 0 spiro atoms. The predicted octanol–water partition coefficient (Wildman–Crippen LogP) is 3.46. The van der Waals surface area contributed by atoms with Crippen LogP contribution in [0, 0.1) is 5.82 Å². The fourth-order valence-corrected chi connectivity index (χ4v) is 4.27. The van der Waals surface area contributed by atoms with Crippen molar-refractivity contribution in [2.45, 2.75) is 51.4 Å². The van der Waals surface area contributed by atoms with Crippen molar-refractivity contribution in [2.75, 3.05) is 0 Å². The smallest absolute Gasteiger partial charge is 0.220 e. The first-order valence-corrected chi connectivity index (χ1v) is 10.9. The Morgan fingerprint density at radius 3 is 2.11 bits per heavy atom. The van der Waals surface area contributed by atoms with Gasteiger partial charge in [0.25, 0.3) is 0 Å². The lowest BCUT2D eigenvalue weighted by molar-refractivity contribution is -0.121. The number of hydrogen-bond acceptors (Lipinski definition) is 3. The molecule has 2 N–H and O–H groups in total. The Morgan fingerprint density at radius 1 is 0.964 bits per heavy atom. The van der Waals surface area contributed by atoms with E-state index in [1.54, 1.807) is 38.1 Å². The summed E-state index contributed by atoms with van der Waals surface area (Å²) in [6.45, 7) is 5.85. The van der Waals surface area contributed by atoms with E-state index in [-0.39, 0.29) is 29.4 Å². The third kappa shape index (κ3) is 7.40. The fraction of sp³-hybridized carbons (Fsp3) is 0.381.